The molecule has 0 spiro atoms. The fraction of sp³-hybridized carbons (Fsp3) is 0.333. The number of alkyl halides is 3. The Kier molecular flexibility index (Phi) is 5.35. The number of ether oxygens (including phenoxy) is 1. The molecule has 5 heteroatoms. The lowest BCUT2D eigenvalue weighted by atomic mass is 9.80. The molecular formula is C21H20F4O. The van der Waals surface area contributed by atoms with E-state index in [2.05, 4.69) is 35.6 Å². The van der Waals surface area contributed by atoms with Crippen molar-refractivity contribution in [3.8, 4) is 5.75 Å². The molecule has 3 rings (SSSR count). The van der Waals surface area contributed by atoms with Crippen molar-refractivity contribution in [3.05, 3.63) is 77.1 Å². The van der Waals surface area contributed by atoms with Crippen molar-refractivity contribution >= 4 is 0 Å². The Balaban J connectivity index is 1.75. The largest absolute Gasteiger partial charge is 0.573 e. The summed E-state index contributed by atoms with van der Waals surface area (Å²) in [6.45, 7) is 3.72. The highest BCUT2D eigenvalue weighted by molar-refractivity contribution is 5.41. The number of hydrogen-bond donors (Lipinski definition) is 0. The van der Waals surface area contributed by atoms with Crippen molar-refractivity contribution in [2.75, 3.05) is 0 Å². The van der Waals surface area contributed by atoms with E-state index < -0.39 is 17.9 Å². The molecule has 0 aromatic heterocycles. The van der Waals surface area contributed by atoms with Crippen molar-refractivity contribution in [2.45, 2.75) is 44.4 Å². The van der Waals surface area contributed by atoms with Gasteiger partial charge < -0.3 is 4.74 Å². The Bertz CT molecular complexity index is 778. The fourth-order valence-electron chi connectivity index (χ4n) is 3.47. The van der Waals surface area contributed by atoms with Crippen LogP contribution in [0.3, 0.4) is 0 Å². The van der Waals surface area contributed by atoms with Crippen LogP contribution in [-0.4, -0.2) is 6.36 Å². The second kappa shape index (κ2) is 7.52. The monoisotopic (exact) mass is 364 g/mol. The standard InChI is InChI=1S/C21H20F4O/c1-2-3-4-14-5-7-15(8-6-14)16-9-10-17-13-20(26-21(23,24)25)19(22)12-18(17)11-16/h2,5-8,12-13,16H,1,3-4,9-11H2. The maximum absolute atomic E-state index is 14.0. The van der Waals surface area contributed by atoms with Gasteiger partial charge in [0.25, 0.3) is 0 Å². The summed E-state index contributed by atoms with van der Waals surface area (Å²) in [4.78, 5) is 0. The second-order valence-electron chi connectivity index (χ2n) is 6.61. The minimum absolute atomic E-state index is 0.240. The van der Waals surface area contributed by atoms with Crippen molar-refractivity contribution < 1.29 is 22.3 Å². The zero-order valence-electron chi connectivity index (χ0n) is 14.3. The molecule has 2 aromatic rings. The molecule has 0 saturated heterocycles. The minimum atomic E-state index is -4.89. The summed E-state index contributed by atoms with van der Waals surface area (Å²) in [5.74, 6) is -1.48. The zero-order chi connectivity index (χ0) is 18.7. The number of halogens is 4. The van der Waals surface area contributed by atoms with Crippen molar-refractivity contribution in [1.29, 1.82) is 0 Å². The average molecular weight is 364 g/mol. The van der Waals surface area contributed by atoms with Crippen molar-refractivity contribution in [2.24, 2.45) is 0 Å². The zero-order valence-corrected chi connectivity index (χ0v) is 14.3. The molecule has 0 radical (unpaired) electrons. The molecule has 0 bridgehead atoms. The van der Waals surface area contributed by atoms with Crippen LogP contribution in [0.2, 0.25) is 0 Å². The van der Waals surface area contributed by atoms with Gasteiger partial charge in [0.05, 0.1) is 0 Å². The number of fused-ring (bicyclic) bond motifs is 1. The summed E-state index contributed by atoms with van der Waals surface area (Å²) < 4.78 is 54.8. The third kappa shape index (κ3) is 4.45. The molecule has 138 valence electrons. The summed E-state index contributed by atoms with van der Waals surface area (Å²) in [5, 5.41) is 0. The molecule has 1 unspecified atom stereocenters. The summed E-state index contributed by atoms with van der Waals surface area (Å²) >= 11 is 0. The molecular weight excluding hydrogens is 344 g/mol. The van der Waals surface area contributed by atoms with Gasteiger partial charge in [0, 0.05) is 0 Å². The second-order valence-corrected chi connectivity index (χ2v) is 6.61. The van der Waals surface area contributed by atoms with Gasteiger partial charge in [-0.25, -0.2) is 4.39 Å². The Morgan fingerprint density at radius 3 is 2.50 bits per heavy atom. The maximum atomic E-state index is 14.0. The lowest BCUT2D eigenvalue weighted by Crippen LogP contribution is -2.19. The van der Waals surface area contributed by atoms with Crippen LogP contribution in [0.25, 0.3) is 0 Å². The van der Waals surface area contributed by atoms with Crippen LogP contribution >= 0.6 is 0 Å². The van der Waals surface area contributed by atoms with Crippen LogP contribution in [0.4, 0.5) is 17.6 Å². The van der Waals surface area contributed by atoms with Gasteiger partial charge in [-0.3, -0.25) is 0 Å². The lowest BCUT2D eigenvalue weighted by Gasteiger charge is -2.26. The van der Waals surface area contributed by atoms with Crippen LogP contribution in [0.5, 0.6) is 5.75 Å². The first-order valence-corrected chi connectivity index (χ1v) is 8.62. The smallest absolute Gasteiger partial charge is 0.403 e. The molecule has 0 aliphatic heterocycles. The van der Waals surface area contributed by atoms with Crippen LogP contribution in [-0.2, 0) is 19.3 Å². The third-order valence-electron chi connectivity index (χ3n) is 4.80. The molecule has 1 aliphatic rings. The van der Waals surface area contributed by atoms with Gasteiger partial charge in [0.15, 0.2) is 11.6 Å². The quantitative estimate of drug-likeness (QED) is 0.459. The molecule has 0 N–H and O–H groups in total. The Hall–Kier alpha value is -2.30. The Morgan fingerprint density at radius 2 is 1.85 bits per heavy atom. The summed E-state index contributed by atoms with van der Waals surface area (Å²) in [7, 11) is 0. The highest BCUT2D eigenvalue weighted by atomic mass is 19.4. The van der Waals surface area contributed by atoms with E-state index in [9.17, 15) is 17.6 Å². The highest BCUT2D eigenvalue weighted by Gasteiger charge is 2.33. The van der Waals surface area contributed by atoms with E-state index >= 15 is 0 Å². The van der Waals surface area contributed by atoms with E-state index in [1.165, 1.54) is 23.3 Å². The SMILES string of the molecule is C=CCCc1ccc(C2CCc3cc(OC(F)(F)F)c(F)cc3C2)cc1. The molecule has 1 nitrogen and oxygen atoms in total. The number of allylic oxidation sites excluding steroid dienone is 1. The van der Waals surface area contributed by atoms with Gasteiger partial charge in [-0.05, 0) is 72.4 Å². The number of hydrogen-bond acceptors (Lipinski definition) is 1. The summed E-state index contributed by atoms with van der Waals surface area (Å²) in [6, 6.07) is 10.7. The van der Waals surface area contributed by atoms with Gasteiger partial charge >= 0.3 is 6.36 Å². The third-order valence-corrected chi connectivity index (χ3v) is 4.80. The van der Waals surface area contributed by atoms with Gasteiger partial charge in [-0.1, -0.05) is 30.3 Å². The van der Waals surface area contributed by atoms with Crippen LogP contribution < -0.4 is 4.74 Å². The van der Waals surface area contributed by atoms with E-state index in [1.54, 1.807) is 0 Å². The molecule has 0 amide bonds. The molecule has 0 fully saturated rings. The first-order valence-electron chi connectivity index (χ1n) is 8.62. The summed E-state index contributed by atoms with van der Waals surface area (Å²) in [6.07, 6.45) is 0.909. The van der Waals surface area contributed by atoms with Gasteiger partial charge in [-0.2, -0.15) is 0 Å². The average Bonchev–Trinajstić information content (AvgIpc) is 2.59. The Morgan fingerprint density at radius 1 is 1.12 bits per heavy atom. The summed E-state index contributed by atoms with van der Waals surface area (Å²) in [5.41, 5.74) is 3.90. The lowest BCUT2D eigenvalue weighted by molar-refractivity contribution is -0.275. The molecule has 0 saturated carbocycles. The molecule has 0 heterocycles. The van der Waals surface area contributed by atoms with Gasteiger partial charge in [0.1, 0.15) is 0 Å². The molecule has 1 aliphatic carbocycles. The highest BCUT2D eigenvalue weighted by Crippen LogP contribution is 2.36. The molecule has 2 aromatic carbocycles. The van der Waals surface area contributed by atoms with Crippen LogP contribution in [0, 0.1) is 5.82 Å². The van der Waals surface area contributed by atoms with Crippen LogP contribution in [0.15, 0.2) is 49.1 Å². The normalized spacial score (nSPS) is 16.8. The number of rotatable bonds is 5. The van der Waals surface area contributed by atoms with Crippen molar-refractivity contribution in [1.82, 2.24) is 0 Å². The van der Waals surface area contributed by atoms with E-state index in [4.69, 9.17) is 0 Å². The predicted octanol–water partition coefficient (Wildman–Crippen LogP) is 6.12. The first kappa shape index (κ1) is 18.5. The molecule has 26 heavy (non-hydrogen) atoms. The topological polar surface area (TPSA) is 9.23 Å². The van der Waals surface area contributed by atoms with E-state index in [0.29, 0.717) is 12.8 Å². The van der Waals surface area contributed by atoms with E-state index in [0.717, 1.165) is 30.4 Å². The van der Waals surface area contributed by atoms with Gasteiger partial charge in [-0.15, -0.1) is 19.8 Å². The van der Waals surface area contributed by atoms with Gasteiger partial charge in [0.2, 0.25) is 0 Å². The van der Waals surface area contributed by atoms with Crippen LogP contribution in [0.1, 0.15) is 41.0 Å². The first-order chi connectivity index (χ1) is 12.4. The predicted molar refractivity (Wildman–Crippen MR) is 92.8 cm³/mol. The van der Waals surface area contributed by atoms with E-state index in [1.807, 2.05) is 6.08 Å². The Labute approximate surface area is 150 Å². The fourth-order valence-corrected chi connectivity index (χ4v) is 3.47. The maximum Gasteiger partial charge on any atom is 0.573 e. The van der Waals surface area contributed by atoms with Crippen molar-refractivity contribution in [3.63, 3.8) is 0 Å². The minimum Gasteiger partial charge on any atom is -0.403 e. The van der Waals surface area contributed by atoms with E-state index in [-0.39, 0.29) is 5.92 Å². The number of benzene rings is 2. The number of aryl methyl sites for hydroxylation is 2. The molecule has 1 atom stereocenters.